The summed E-state index contributed by atoms with van der Waals surface area (Å²) in [5.41, 5.74) is 2.61. The summed E-state index contributed by atoms with van der Waals surface area (Å²) in [7, 11) is 0. The van der Waals surface area contributed by atoms with Crippen molar-refractivity contribution in [1.82, 2.24) is 5.32 Å². The second-order valence-corrected chi connectivity index (χ2v) is 7.32. The molecule has 1 aromatic heterocycles. The third-order valence-electron chi connectivity index (χ3n) is 3.15. The van der Waals surface area contributed by atoms with Gasteiger partial charge < -0.3 is 5.32 Å². The Morgan fingerprint density at radius 1 is 1.21 bits per heavy atom. The molecule has 1 heterocycles. The number of halogens is 1. The molecule has 0 aliphatic rings. The number of thiophene rings is 1. The van der Waals surface area contributed by atoms with Crippen LogP contribution in [0.3, 0.4) is 0 Å². The van der Waals surface area contributed by atoms with Crippen molar-refractivity contribution in [3.63, 3.8) is 0 Å². The zero-order chi connectivity index (χ0) is 13.8. The number of rotatable bonds is 5. The fourth-order valence-corrected chi connectivity index (χ4v) is 3.70. The summed E-state index contributed by atoms with van der Waals surface area (Å²) in [5, 5.41) is 3.59. The zero-order valence-corrected chi connectivity index (χ0v) is 14.1. The first-order valence-corrected chi connectivity index (χ1v) is 8.19. The van der Waals surface area contributed by atoms with E-state index in [4.69, 9.17) is 0 Å². The minimum atomic E-state index is 0.492. The van der Waals surface area contributed by atoms with Crippen LogP contribution >= 0.6 is 27.3 Å². The van der Waals surface area contributed by atoms with Gasteiger partial charge in [0.05, 0.1) is 0 Å². The van der Waals surface area contributed by atoms with Gasteiger partial charge in [-0.25, -0.2) is 0 Å². The molecule has 0 radical (unpaired) electrons. The number of aryl methyl sites for hydroxylation is 2. The Morgan fingerprint density at radius 2 is 2.00 bits per heavy atom. The summed E-state index contributed by atoms with van der Waals surface area (Å²) in [5.74, 6) is 0. The standard InChI is InChI=1S/C16H20BrNS/c1-11-4-6-14(16(17)8-11)10-18-12(2)9-15-7-5-13(3)19-15/h4-8,12,18H,9-10H2,1-3H3. The van der Waals surface area contributed by atoms with E-state index in [0.717, 1.165) is 13.0 Å². The molecular formula is C16H20BrNS. The Balaban J connectivity index is 1.87. The first-order valence-electron chi connectivity index (χ1n) is 6.58. The minimum absolute atomic E-state index is 0.492. The number of hydrogen-bond donors (Lipinski definition) is 1. The van der Waals surface area contributed by atoms with Gasteiger partial charge in [-0.05, 0) is 56.5 Å². The lowest BCUT2D eigenvalue weighted by Crippen LogP contribution is -2.27. The monoisotopic (exact) mass is 337 g/mol. The fraction of sp³-hybridized carbons (Fsp3) is 0.375. The van der Waals surface area contributed by atoms with E-state index < -0.39 is 0 Å². The first kappa shape index (κ1) is 14.8. The topological polar surface area (TPSA) is 12.0 Å². The molecule has 1 nitrogen and oxygen atoms in total. The lowest BCUT2D eigenvalue weighted by molar-refractivity contribution is 0.548. The van der Waals surface area contributed by atoms with E-state index in [0.29, 0.717) is 6.04 Å². The van der Waals surface area contributed by atoms with Gasteiger partial charge in [-0.2, -0.15) is 0 Å². The van der Waals surface area contributed by atoms with Crippen LogP contribution in [0, 0.1) is 13.8 Å². The van der Waals surface area contributed by atoms with Gasteiger partial charge in [0.25, 0.3) is 0 Å². The van der Waals surface area contributed by atoms with Crippen LogP contribution in [0.2, 0.25) is 0 Å². The maximum atomic E-state index is 3.63. The highest BCUT2D eigenvalue weighted by atomic mass is 79.9. The molecule has 2 aromatic rings. The molecule has 0 spiro atoms. The van der Waals surface area contributed by atoms with Crippen molar-refractivity contribution < 1.29 is 0 Å². The molecule has 0 aliphatic carbocycles. The summed E-state index contributed by atoms with van der Waals surface area (Å²) < 4.78 is 1.19. The molecule has 0 saturated carbocycles. The predicted molar refractivity (Wildman–Crippen MR) is 87.9 cm³/mol. The average molecular weight is 338 g/mol. The van der Waals surface area contributed by atoms with Crippen LogP contribution in [0.5, 0.6) is 0 Å². The van der Waals surface area contributed by atoms with Gasteiger partial charge >= 0.3 is 0 Å². The SMILES string of the molecule is Cc1ccc(CNC(C)Cc2ccc(C)s2)c(Br)c1. The van der Waals surface area contributed by atoms with Crippen LogP contribution < -0.4 is 5.32 Å². The second kappa shape index (κ2) is 6.69. The van der Waals surface area contributed by atoms with Crippen LogP contribution in [-0.2, 0) is 13.0 Å². The quantitative estimate of drug-likeness (QED) is 0.822. The predicted octanol–water partition coefficient (Wildman–Crippen LogP) is 4.85. The summed E-state index contributed by atoms with van der Waals surface area (Å²) in [6.07, 6.45) is 1.10. The molecule has 0 amide bonds. The highest BCUT2D eigenvalue weighted by molar-refractivity contribution is 9.10. The minimum Gasteiger partial charge on any atom is -0.310 e. The van der Waals surface area contributed by atoms with Crippen LogP contribution in [0.15, 0.2) is 34.8 Å². The molecule has 1 aromatic carbocycles. The van der Waals surface area contributed by atoms with E-state index in [1.54, 1.807) is 0 Å². The largest absolute Gasteiger partial charge is 0.310 e. The van der Waals surface area contributed by atoms with E-state index in [1.807, 2.05) is 11.3 Å². The van der Waals surface area contributed by atoms with E-state index in [1.165, 1.54) is 25.4 Å². The van der Waals surface area contributed by atoms with Crippen molar-refractivity contribution in [3.8, 4) is 0 Å². The van der Waals surface area contributed by atoms with Crippen molar-refractivity contribution in [2.24, 2.45) is 0 Å². The number of hydrogen-bond acceptors (Lipinski definition) is 2. The van der Waals surface area contributed by atoms with Crippen LogP contribution in [-0.4, -0.2) is 6.04 Å². The van der Waals surface area contributed by atoms with Crippen molar-refractivity contribution in [2.75, 3.05) is 0 Å². The lowest BCUT2D eigenvalue weighted by Gasteiger charge is -2.14. The molecule has 1 atom stereocenters. The van der Waals surface area contributed by atoms with Gasteiger partial charge in [-0.1, -0.05) is 28.1 Å². The molecular weight excluding hydrogens is 318 g/mol. The molecule has 1 N–H and O–H groups in total. The van der Waals surface area contributed by atoms with Crippen molar-refractivity contribution in [3.05, 3.63) is 55.7 Å². The highest BCUT2D eigenvalue weighted by Gasteiger charge is 2.06. The van der Waals surface area contributed by atoms with Crippen LogP contribution in [0.4, 0.5) is 0 Å². The van der Waals surface area contributed by atoms with Gasteiger partial charge in [0.15, 0.2) is 0 Å². The summed E-state index contributed by atoms with van der Waals surface area (Å²) >= 11 is 5.52. The first-order chi connectivity index (χ1) is 9.04. The van der Waals surface area contributed by atoms with E-state index in [-0.39, 0.29) is 0 Å². The van der Waals surface area contributed by atoms with Crippen molar-refractivity contribution in [1.29, 1.82) is 0 Å². The van der Waals surface area contributed by atoms with E-state index in [2.05, 4.69) is 72.3 Å². The van der Waals surface area contributed by atoms with Crippen molar-refractivity contribution >= 4 is 27.3 Å². The maximum absolute atomic E-state index is 3.63. The molecule has 2 rings (SSSR count). The van der Waals surface area contributed by atoms with Gasteiger partial charge in [0, 0.05) is 26.8 Å². The molecule has 3 heteroatoms. The van der Waals surface area contributed by atoms with Crippen LogP contribution in [0.1, 0.15) is 27.8 Å². The van der Waals surface area contributed by atoms with Gasteiger partial charge in [-0.15, -0.1) is 11.3 Å². The molecule has 0 bridgehead atoms. The van der Waals surface area contributed by atoms with Gasteiger partial charge in [0.2, 0.25) is 0 Å². The van der Waals surface area contributed by atoms with Gasteiger partial charge in [-0.3, -0.25) is 0 Å². The Kier molecular flexibility index (Phi) is 5.20. The Bertz CT molecular complexity index is 547. The number of benzene rings is 1. The maximum Gasteiger partial charge on any atom is 0.0222 e. The molecule has 0 saturated heterocycles. The molecule has 0 aliphatic heterocycles. The molecule has 0 fully saturated rings. The fourth-order valence-electron chi connectivity index (χ4n) is 2.05. The molecule has 19 heavy (non-hydrogen) atoms. The normalized spacial score (nSPS) is 12.6. The van der Waals surface area contributed by atoms with Gasteiger partial charge in [0.1, 0.15) is 0 Å². The highest BCUT2D eigenvalue weighted by Crippen LogP contribution is 2.19. The second-order valence-electron chi connectivity index (χ2n) is 5.09. The Labute approximate surface area is 128 Å². The summed E-state index contributed by atoms with van der Waals surface area (Å²) in [6, 6.07) is 11.4. The average Bonchev–Trinajstić information content (AvgIpc) is 2.73. The number of nitrogens with one attached hydrogen (secondary N) is 1. The summed E-state index contributed by atoms with van der Waals surface area (Å²) in [6.45, 7) is 7.43. The third-order valence-corrected chi connectivity index (χ3v) is 4.91. The Morgan fingerprint density at radius 3 is 2.63 bits per heavy atom. The smallest absolute Gasteiger partial charge is 0.0222 e. The Hall–Kier alpha value is -0.640. The van der Waals surface area contributed by atoms with E-state index >= 15 is 0 Å². The van der Waals surface area contributed by atoms with Crippen LogP contribution in [0.25, 0.3) is 0 Å². The van der Waals surface area contributed by atoms with Crippen molar-refractivity contribution in [2.45, 2.75) is 39.8 Å². The molecule has 102 valence electrons. The molecule has 1 unspecified atom stereocenters. The zero-order valence-electron chi connectivity index (χ0n) is 11.7. The summed E-state index contributed by atoms with van der Waals surface area (Å²) in [4.78, 5) is 2.85. The lowest BCUT2D eigenvalue weighted by atomic mass is 10.1. The third kappa shape index (κ3) is 4.44. The van der Waals surface area contributed by atoms with E-state index in [9.17, 15) is 0 Å².